The topological polar surface area (TPSA) is 20.3 Å². The molecule has 0 bridgehead atoms. The molecule has 1 amide bonds. The van der Waals surface area contributed by atoms with Crippen LogP contribution in [0, 0.1) is 11.6 Å². The zero-order chi connectivity index (χ0) is 14.7. The first-order chi connectivity index (χ1) is 9.49. The van der Waals surface area contributed by atoms with Gasteiger partial charge in [-0.25, -0.2) is 8.78 Å². The maximum absolute atomic E-state index is 13.1. The van der Waals surface area contributed by atoms with Crippen molar-refractivity contribution in [1.82, 2.24) is 4.90 Å². The quantitative estimate of drug-likeness (QED) is 0.827. The lowest BCUT2D eigenvalue weighted by Crippen LogP contribution is -2.26. The first-order valence-electron chi connectivity index (χ1n) is 5.93. The van der Waals surface area contributed by atoms with E-state index in [-0.39, 0.29) is 11.5 Å². The molecule has 0 fully saturated rings. The van der Waals surface area contributed by atoms with Crippen molar-refractivity contribution in [3.05, 3.63) is 69.7 Å². The molecule has 104 valence electrons. The summed E-state index contributed by atoms with van der Waals surface area (Å²) in [5.74, 6) is -2.35. The second-order valence-corrected chi connectivity index (χ2v) is 5.24. The molecule has 0 saturated heterocycles. The van der Waals surface area contributed by atoms with Crippen molar-refractivity contribution in [3.63, 3.8) is 0 Å². The lowest BCUT2D eigenvalue weighted by Gasteiger charge is -2.18. The van der Waals surface area contributed by atoms with Crippen LogP contribution in [0.5, 0.6) is 0 Å². The normalized spacial score (nSPS) is 10.4. The molecule has 2 aromatic rings. The number of rotatable bonds is 3. The van der Waals surface area contributed by atoms with Gasteiger partial charge in [-0.3, -0.25) is 4.79 Å². The molecular formula is C15H12BrF2NO. The molecule has 2 aromatic carbocycles. The minimum Gasteiger partial charge on any atom is -0.337 e. The summed E-state index contributed by atoms with van der Waals surface area (Å²) >= 11 is 3.40. The number of halogens is 3. The Morgan fingerprint density at radius 2 is 1.85 bits per heavy atom. The number of amides is 1. The Labute approximate surface area is 124 Å². The van der Waals surface area contributed by atoms with E-state index in [1.54, 1.807) is 7.05 Å². The summed E-state index contributed by atoms with van der Waals surface area (Å²) in [4.78, 5) is 13.6. The highest BCUT2D eigenvalue weighted by molar-refractivity contribution is 9.10. The number of carbonyl (C=O) groups is 1. The third kappa shape index (κ3) is 3.22. The third-order valence-corrected chi connectivity index (χ3v) is 3.65. The SMILES string of the molecule is CN(Cc1ccccc1Br)C(=O)c1ccc(F)c(F)c1. The molecular weight excluding hydrogens is 328 g/mol. The molecule has 0 atom stereocenters. The van der Waals surface area contributed by atoms with Gasteiger partial charge in [-0.15, -0.1) is 0 Å². The Bertz CT molecular complexity index is 646. The predicted molar refractivity (Wildman–Crippen MR) is 76.3 cm³/mol. The number of benzene rings is 2. The molecule has 2 nitrogen and oxygen atoms in total. The smallest absolute Gasteiger partial charge is 0.254 e. The van der Waals surface area contributed by atoms with Gasteiger partial charge in [-0.05, 0) is 29.8 Å². The number of hydrogen-bond acceptors (Lipinski definition) is 1. The van der Waals surface area contributed by atoms with Gasteiger partial charge in [0.15, 0.2) is 11.6 Å². The average Bonchev–Trinajstić information content (AvgIpc) is 2.43. The molecule has 0 aliphatic rings. The van der Waals surface area contributed by atoms with Gasteiger partial charge >= 0.3 is 0 Å². The zero-order valence-electron chi connectivity index (χ0n) is 10.7. The van der Waals surface area contributed by atoms with Crippen molar-refractivity contribution in [1.29, 1.82) is 0 Å². The number of carbonyl (C=O) groups excluding carboxylic acids is 1. The van der Waals surface area contributed by atoms with Crippen molar-refractivity contribution in [2.45, 2.75) is 6.54 Å². The lowest BCUT2D eigenvalue weighted by atomic mass is 10.1. The van der Waals surface area contributed by atoms with Crippen LogP contribution in [-0.4, -0.2) is 17.9 Å². The van der Waals surface area contributed by atoms with Gasteiger partial charge in [0.2, 0.25) is 0 Å². The van der Waals surface area contributed by atoms with E-state index in [9.17, 15) is 13.6 Å². The molecule has 0 saturated carbocycles. The fraction of sp³-hybridized carbons (Fsp3) is 0.133. The Morgan fingerprint density at radius 1 is 1.15 bits per heavy atom. The largest absolute Gasteiger partial charge is 0.337 e. The second-order valence-electron chi connectivity index (χ2n) is 4.38. The molecule has 0 spiro atoms. The Balaban J connectivity index is 2.16. The lowest BCUT2D eigenvalue weighted by molar-refractivity contribution is 0.0784. The summed E-state index contributed by atoms with van der Waals surface area (Å²) in [5.41, 5.74) is 1.06. The summed E-state index contributed by atoms with van der Waals surface area (Å²) in [7, 11) is 1.61. The minimum absolute atomic E-state index is 0.124. The van der Waals surface area contributed by atoms with Gasteiger partial charge in [0.25, 0.3) is 5.91 Å². The van der Waals surface area contributed by atoms with Crippen molar-refractivity contribution in [3.8, 4) is 0 Å². The molecule has 5 heteroatoms. The van der Waals surface area contributed by atoms with E-state index >= 15 is 0 Å². The van der Waals surface area contributed by atoms with Gasteiger partial charge < -0.3 is 4.90 Å². The molecule has 0 N–H and O–H groups in total. The Kier molecular flexibility index (Phi) is 4.49. The molecule has 2 rings (SSSR count). The van der Waals surface area contributed by atoms with E-state index in [0.717, 1.165) is 22.2 Å². The Hall–Kier alpha value is -1.75. The van der Waals surface area contributed by atoms with E-state index in [0.29, 0.717) is 6.54 Å². The van der Waals surface area contributed by atoms with Crippen LogP contribution in [0.1, 0.15) is 15.9 Å². The van der Waals surface area contributed by atoms with Crippen LogP contribution in [0.4, 0.5) is 8.78 Å². The van der Waals surface area contributed by atoms with E-state index in [4.69, 9.17) is 0 Å². The van der Waals surface area contributed by atoms with Gasteiger partial charge in [-0.1, -0.05) is 34.1 Å². The van der Waals surface area contributed by atoms with Gasteiger partial charge in [0.05, 0.1) is 0 Å². The van der Waals surface area contributed by atoms with Crippen LogP contribution in [0.15, 0.2) is 46.9 Å². The van der Waals surface area contributed by atoms with E-state index in [2.05, 4.69) is 15.9 Å². The molecule has 0 unspecified atom stereocenters. The van der Waals surface area contributed by atoms with Crippen LogP contribution < -0.4 is 0 Å². The van der Waals surface area contributed by atoms with Crippen molar-refractivity contribution >= 4 is 21.8 Å². The fourth-order valence-corrected chi connectivity index (χ4v) is 2.21. The van der Waals surface area contributed by atoms with E-state index in [1.165, 1.54) is 11.0 Å². The molecule has 0 heterocycles. The van der Waals surface area contributed by atoms with Crippen molar-refractivity contribution < 1.29 is 13.6 Å². The predicted octanol–water partition coefficient (Wildman–Crippen LogP) is 4.00. The summed E-state index contributed by atoms with van der Waals surface area (Å²) < 4.78 is 26.9. The van der Waals surface area contributed by atoms with Crippen molar-refractivity contribution in [2.75, 3.05) is 7.05 Å². The van der Waals surface area contributed by atoms with E-state index < -0.39 is 11.6 Å². The summed E-state index contributed by atoms with van der Waals surface area (Å²) in [6.45, 7) is 0.374. The number of hydrogen-bond donors (Lipinski definition) is 0. The summed E-state index contributed by atoms with van der Waals surface area (Å²) in [6, 6.07) is 10.7. The zero-order valence-corrected chi connectivity index (χ0v) is 12.3. The number of nitrogens with zero attached hydrogens (tertiary/aromatic N) is 1. The minimum atomic E-state index is -1.02. The molecule has 0 radical (unpaired) electrons. The molecule has 0 aliphatic heterocycles. The standard InChI is InChI=1S/C15H12BrF2NO/c1-19(9-11-4-2-3-5-12(11)16)15(20)10-6-7-13(17)14(18)8-10/h2-8H,9H2,1H3. The van der Waals surface area contributed by atoms with Gasteiger partial charge in [-0.2, -0.15) is 0 Å². The average molecular weight is 340 g/mol. The summed E-state index contributed by atoms with van der Waals surface area (Å²) in [6.07, 6.45) is 0. The van der Waals surface area contributed by atoms with Crippen molar-refractivity contribution in [2.24, 2.45) is 0 Å². The molecule has 20 heavy (non-hydrogen) atoms. The molecule has 0 aromatic heterocycles. The monoisotopic (exact) mass is 339 g/mol. The van der Waals surface area contributed by atoms with Crippen LogP contribution in [0.3, 0.4) is 0 Å². The first kappa shape index (κ1) is 14.7. The molecule has 0 aliphatic carbocycles. The van der Waals surface area contributed by atoms with Crippen LogP contribution in [0.2, 0.25) is 0 Å². The highest BCUT2D eigenvalue weighted by Gasteiger charge is 2.15. The first-order valence-corrected chi connectivity index (χ1v) is 6.72. The highest BCUT2D eigenvalue weighted by Crippen LogP contribution is 2.18. The third-order valence-electron chi connectivity index (χ3n) is 2.88. The maximum atomic E-state index is 13.1. The van der Waals surface area contributed by atoms with Gasteiger partial charge in [0.1, 0.15) is 0 Å². The van der Waals surface area contributed by atoms with Gasteiger partial charge in [0, 0.05) is 23.6 Å². The van der Waals surface area contributed by atoms with Crippen LogP contribution in [0.25, 0.3) is 0 Å². The van der Waals surface area contributed by atoms with Crippen LogP contribution >= 0.6 is 15.9 Å². The second kappa shape index (κ2) is 6.13. The van der Waals surface area contributed by atoms with E-state index in [1.807, 2.05) is 24.3 Å². The fourth-order valence-electron chi connectivity index (χ4n) is 1.80. The maximum Gasteiger partial charge on any atom is 0.254 e. The van der Waals surface area contributed by atoms with Crippen LogP contribution in [-0.2, 0) is 6.54 Å². The Morgan fingerprint density at radius 3 is 2.50 bits per heavy atom. The summed E-state index contributed by atoms with van der Waals surface area (Å²) in [5, 5.41) is 0. The highest BCUT2D eigenvalue weighted by atomic mass is 79.9.